The van der Waals surface area contributed by atoms with Crippen molar-refractivity contribution in [2.75, 3.05) is 26.2 Å². The minimum atomic E-state index is -0.151. The molecule has 1 saturated heterocycles. The first-order chi connectivity index (χ1) is 12.5. The first-order valence-electron chi connectivity index (χ1n) is 8.83. The Kier molecular flexibility index (Phi) is 5.29. The number of amides is 2. The summed E-state index contributed by atoms with van der Waals surface area (Å²) in [6.45, 7) is 7.64. The van der Waals surface area contributed by atoms with Crippen molar-refractivity contribution in [1.29, 1.82) is 0 Å². The zero-order valence-corrected chi connectivity index (χ0v) is 15.4. The maximum atomic E-state index is 12.9. The molecule has 0 atom stereocenters. The van der Waals surface area contributed by atoms with Gasteiger partial charge in [0, 0.05) is 32.4 Å². The van der Waals surface area contributed by atoms with E-state index in [1.807, 2.05) is 13.8 Å². The first-order valence-corrected chi connectivity index (χ1v) is 8.83. The van der Waals surface area contributed by atoms with Gasteiger partial charge in [0.2, 0.25) is 0 Å². The number of carbonyl (C=O) groups is 2. The molecule has 1 aliphatic rings. The number of aryl methyl sites for hydroxylation is 3. The molecule has 0 spiro atoms. The lowest BCUT2D eigenvalue weighted by atomic mass is 10.1. The third-order valence-electron chi connectivity index (χ3n) is 4.55. The van der Waals surface area contributed by atoms with Crippen LogP contribution in [0, 0.1) is 13.8 Å². The normalized spacial score (nSPS) is 15.0. The summed E-state index contributed by atoms with van der Waals surface area (Å²) >= 11 is 0. The van der Waals surface area contributed by atoms with Crippen molar-refractivity contribution in [1.82, 2.24) is 24.9 Å². The smallest absolute Gasteiger partial charge is 0.274 e. The van der Waals surface area contributed by atoms with E-state index in [1.54, 1.807) is 22.9 Å². The summed E-state index contributed by atoms with van der Waals surface area (Å²) in [5.41, 5.74) is 2.33. The van der Waals surface area contributed by atoms with Gasteiger partial charge in [0.15, 0.2) is 0 Å². The van der Waals surface area contributed by atoms with Crippen molar-refractivity contribution in [3.8, 4) is 0 Å². The van der Waals surface area contributed by atoms with E-state index >= 15 is 0 Å². The maximum absolute atomic E-state index is 12.9. The Morgan fingerprint density at radius 3 is 2.35 bits per heavy atom. The Labute approximate surface area is 152 Å². The average molecular weight is 357 g/mol. The molecular weight excluding hydrogens is 334 g/mol. The molecule has 1 fully saturated rings. The van der Waals surface area contributed by atoms with Crippen LogP contribution in [-0.2, 0) is 6.42 Å². The van der Waals surface area contributed by atoms with Gasteiger partial charge in [0.25, 0.3) is 11.8 Å². The molecule has 0 radical (unpaired) electrons. The second-order valence-electron chi connectivity index (χ2n) is 6.39. The molecule has 2 aromatic heterocycles. The van der Waals surface area contributed by atoms with Crippen molar-refractivity contribution >= 4 is 11.8 Å². The number of aromatic nitrogens is 3. The van der Waals surface area contributed by atoms with Gasteiger partial charge in [0.05, 0.1) is 17.6 Å². The van der Waals surface area contributed by atoms with E-state index in [0.717, 1.165) is 5.69 Å². The summed E-state index contributed by atoms with van der Waals surface area (Å²) in [5, 5.41) is 3.96. The third-order valence-corrected chi connectivity index (χ3v) is 4.55. The van der Waals surface area contributed by atoms with E-state index in [-0.39, 0.29) is 11.8 Å². The average Bonchev–Trinajstić information content (AvgIpc) is 2.86. The third kappa shape index (κ3) is 3.58. The lowest BCUT2D eigenvalue weighted by molar-refractivity contribution is 0.0714. The van der Waals surface area contributed by atoms with E-state index in [1.165, 1.54) is 6.20 Å². The minimum Gasteiger partial charge on any atom is -0.361 e. The molecule has 2 aromatic rings. The topological polar surface area (TPSA) is 92.4 Å². The Balaban J connectivity index is 1.70. The van der Waals surface area contributed by atoms with Gasteiger partial charge < -0.3 is 14.3 Å². The second kappa shape index (κ2) is 7.63. The summed E-state index contributed by atoms with van der Waals surface area (Å²) in [7, 11) is 0. The van der Waals surface area contributed by atoms with Crippen LogP contribution in [0.2, 0.25) is 0 Å². The van der Waals surface area contributed by atoms with E-state index < -0.39 is 0 Å². The lowest BCUT2D eigenvalue weighted by Crippen LogP contribution is -2.38. The van der Waals surface area contributed by atoms with Crippen LogP contribution in [0.5, 0.6) is 0 Å². The Morgan fingerprint density at radius 2 is 1.73 bits per heavy atom. The van der Waals surface area contributed by atoms with Crippen LogP contribution in [0.15, 0.2) is 16.9 Å². The molecule has 26 heavy (non-hydrogen) atoms. The highest BCUT2D eigenvalue weighted by atomic mass is 16.5. The standard InChI is InChI=1S/C18H23N5O3/c1-4-14-16(13(3)26-21-14)18(25)23-7-5-6-22(8-9-23)17(24)15-11-19-12(2)10-20-15/h10-11H,4-9H2,1-3H3. The molecule has 0 unspecified atom stereocenters. The Morgan fingerprint density at radius 1 is 1.04 bits per heavy atom. The van der Waals surface area contributed by atoms with Gasteiger partial charge >= 0.3 is 0 Å². The number of nitrogens with zero attached hydrogens (tertiary/aromatic N) is 5. The number of carbonyl (C=O) groups excluding carboxylic acids is 2. The molecule has 0 bridgehead atoms. The Hall–Kier alpha value is -2.77. The summed E-state index contributed by atoms with van der Waals surface area (Å²) in [6, 6.07) is 0. The van der Waals surface area contributed by atoms with Crippen molar-refractivity contribution in [2.45, 2.75) is 33.6 Å². The van der Waals surface area contributed by atoms with E-state index in [4.69, 9.17) is 4.52 Å². The highest BCUT2D eigenvalue weighted by molar-refractivity contribution is 5.96. The highest BCUT2D eigenvalue weighted by Gasteiger charge is 2.28. The fourth-order valence-electron chi connectivity index (χ4n) is 3.08. The fraction of sp³-hybridized carbons (Fsp3) is 0.500. The Bertz CT molecular complexity index is 800. The quantitative estimate of drug-likeness (QED) is 0.829. The van der Waals surface area contributed by atoms with Gasteiger partial charge in [-0.3, -0.25) is 14.6 Å². The van der Waals surface area contributed by atoms with E-state index in [2.05, 4.69) is 15.1 Å². The van der Waals surface area contributed by atoms with E-state index in [0.29, 0.717) is 61.7 Å². The van der Waals surface area contributed by atoms with Crippen LogP contribution in [-0.4, -0.2) is 62.9 Å². The largest absolute Gasteiger partial charge is 0.361 e. The predicted octanol–water partition coefficient (Wildman–Crippen LogP) is 1.63. The SMILES string of the molecule is CCc1noc(C)c1C(=O)N1CCCN(C(=O)c2cnc(C)cn2)CC1. The molecule has 8 heteroatoms. The first kappa shape index (κ1) is 18.0. The molecule has 138 valence electrons. The minimum absolute atomic E-state index is 0.0787. The predicted molar refractivity (Wildman–Crippen MR) is 93.8 cm³/mol. The lowest BCUT2D eigenvalue weighted by Gasteiger charge is -2.22. The fourth-order valence-corrected chi connectivity index (χ4v) is 3.08. The van der Waals surface area contributed by atoms with Gasteiger partial charge in [-0.2, -0.15) is 0 Å². The van der Waals surface area contributed by atoms with Crippen LogP contribution >= 0.6 is 0 Å². The zero-order chi connectivity index (χ0) is 18.7. The van der Waals surface area contributed by atoms with E-state index in [9.17, 15) is 9.59 Å². The molecular formula is C18H23N5O3. The van der Waals surface area contributed by atoms with Crippen LogP contribution in [0.4, 0.5) is 0 Å². The molecule has 2 amide bonds. The molecule has 1 aliphatic heterocycles. The molecule has 0 aliphatic carbocycles. The van der Waals surface area contributed by atoms with Gasteiger partial charge in [-0.15, -0.1) is 0 Å². The van der Waals surface area contributed by atoms with Crippen molar-refractivity contribution in [3.05, 3.63) is 40.8 Å². The van der Waals surface area contributed by atoms with Gasteiger partial charge in [-0.25, -0.2) is 4.98 Å². The molecule has 0 saturated carbocycles. The number of hydrogen-bond acceptors (Lipinski definition) is 6. The van der Waals surface area contributed by atoms with Crippen LogP contribution < -0.4 is 0 Å². The van der Waals surface area contributed by atoms with Gasteiger partial charge in [-0.1, -0.05) is 12.1 Å². The van der Waals surface area contributed by atoms with Crippen molar-refractivity contribution in [2.24, 2.45) is 0 Å². The summed E-state index contributed by atoms with van der Waals surface area (Å²) in [5.74, 6) is 0.311. The van der Waals surface area contributed by atoms with Crippen molar-refractivity contribution < 1.29 is 14.1 Å². The molecule has 3 rings (SSSR count). The summed E-state index contributed by atoms with van der Waals surface area (Å²) in [4.78, 5) is 37.3. The highest BCUT2D eigenvalue weighted by Crippen LogP contribution is 2.18. The second-order valence-corrected chi connectivity index (χ2v) is 6.39. The number of rotatable bonds is 3. The number of hydrogen-bond donors (Lipinski definition) is 0. The summed E-state index contributed by atoms with van der Waals surface area (Å²) in [6.07, 6.45) is 4.44. The summed E-state index contributed by atoms with van der Waals surface area (Å²) < 4.78 is 5.18. The van der Waals surface area contributed by atoms with Crippen LogP contribution in [0.1, 0.15) is 51.3 Å². The molecule has 0 N–H and O–H groups in total. The van der Waals surface area contributed by atoms with Gasteiger partial charge in [-0.05, 0) is 26.7 Å². The monoisotopic (exact) mass is 357 g/mol. The molecule has 0 aromatic carbocycles. The van der Waals surface area contributed by atoms with Gasteiger partial charge in [0.1, 0.15) is 17.0 Å². The molecule has 8 nitrogen and oxygen atoms in total. The zero-order valence-electron chi connectivity index (χ0n) is 15.4. The van der Waals surface area contributed by atoms with Crippen LogP contribution in [0.25, 0.3) is 0 Å². The molecule has 3 heterocycles. The van der Waals surface area contributed by atoms with Crippen LogP contribution in [0.3, 0.4) is 0 Å². The maximum Gasteiger partial charge on any atom is 0.274 e. The van der Waals surface area contributed by atoms with Crippen molar-refractivity contribution in [3.63, 3.8) is 0 Å².